The van der Waals surface area contributed by atoms with Crippen LogP contribution in [0.1, 0.15) is 21.7 Å². The highest BCUT2D eigenvalue weighted by molar-refractivity contribution is 6.30. The van der Waals surface area contributed by atoms with Gasteiger partial charge in [0.15, 0.2) is 5.69 Å². The van der Waals surface area contributed by atoms with E-state index in [2.05, 4.69) is 15.5 Å². The van der Waals surface area contributed by atoms with Gasteiger partial charge in [-0.3, -0.25) is 9.59 Å². The summed E-state index contributed by atoms with van der Waals surface area (Å²) in [6.45, 7) is 1.69. The number of carbonyl (C=O) groups is 2. The summed E-state index contributed by atoms with van der Waals surface area (Å²) in [4.78, 5) is 25.2. The lowest BCUT2D eigenvalue weighted by Crippen LogP contribution is -2.18. The summed E-state index contributed by atoms with van der Waals surface area (Å²) >= 11 is 5.98. The number of rotatable bonds is 5. The number of aromatic nitrogens is 3. The Morgan fingerprint density at radius 3 is 2.65 bits per heavy atom. The minimum Gasteiger partial charge on any atom is -0.369 e. The van der Waals surface area contributed by atoms with Crippen molar-refractivity contribution in [2.75, 3.05) is 5.32 Å². The molecule has 0 aliphatic heterocycles. The van der Waals surface area contributed by atoms with Crippen LogP contribution in [0.3, 0.4) is 0 Å². The van der Waals surface area contributed by atoms with Gasteiger partial charge in [-0.1, -0.05) is 35.9 Å². The third-order valence-electron chi connectivity index (χ3n) is 3.67. The molecule has 3 N–H and O–H groups in total. The van der Waals surface area contributed by atoms with Gasteiger partial charge in [0.05, 0.1) is 17.8 Å². The lowest BCUT2D eigenvalue weighted by atomic mass is 10.1. The number of nitrogens with zero attached hydrogens (tertiary/aromatic N) is 3. The predicted molar refractivity (Wildman–Crippen MR) is 98.4 cm³/mol. The van der Waals surface area contributed by atoms with Crippen LogP contribution in [0.25, 0.3) is 5.69 Å². The van der Waals surface area contributed by atoms with Crippen LogP contribution >= 0.6 is 11.6 Å². The highest BCUT2D eigenvalue weighted by atomic mass is 35.5. The van der Waals surface area contributed by atoms with E-state index in [-0.39, 0.29) is 12.1 Å². The van der Waals surface area contributed by atoms with Gasteiger partial charge in [-0.25, -0.2) is 0 Å². The van der Waals surface area contributed by atoms with Crippen LogP contribution in [0, 0.1) is 6.92 Å². The van der Waals surface area contributed by atoms with Crippen LogP contribution in [-0.4, -0.2) is 26.8 Å². The number of amides is 2. The molecule has 0 atom stereocenters. The molecule has 2 aromatic carbocycles. The highest BCUT2D eigenvalue weighted by Gasteiger charge is 2.18. The number of carbonyl (C=O) groups excluding carboxylic acids is 2. The maximum atomic E-state index is 12.6. The molecule has 0 saturated heterocycles. The van der Waals surface area contributed by atoms with E-state index in [0.29, 0.717) is 27.7 Å². The van der Waals surface area contributed by atoms with E-state index < -0.39 is 11.8 Å². The topological polar surface area (TPSA) is 103 Å². The monoisotopic (exact) mass is 369 g/mol. The van der Waals surface area contributed by atoms with Crippen LogP contribution in [0.5, 0.6) is 0 Å². The third kappa shape index (κ3) is 3.89. The Bertz CT molecular complexity index is 983. The molecule has 0 aliphatic rings. The second-order valence-electron chi connectivity index (χ2n) is 5.66. The lowest BCUT2D eigenvalue weighted by molar-refractivity contribution is -0.117. The van der Waals surface area contributed by atoms with Crippen molar-refractivity contribution in [2.45, 2.75) is 13.3 Å². The fourth-order valence-electron chi connectivity index (χ4n) is 2.47. The Morgan fingerprint density at radius 2 is 1.92 bits per heavy atom. The van der Waals surface area contributed by atoms with Crippen molar-refractivity contribution in [3.8, 4) is 5.69 Å². The van der Waals surface area contributed by atoms with Gasteiger partial charge in [0.1, 0.15) is 0 Å². The van der Waals surface area contributed by atoms with Crippen LogP contribution < -0.4 is 11.1 Å². The van der Waals surface area contributed by atoms with Crippen molar-refractivity contribution in [2.24, 2.45) is 5.73 Å². The molecule has 0 unspecified atom stereocenters. The van der Waals surface area contributed by atoms with E-state index in [4.69, 9.17) is 17.3 Å². The molecule has 1 heterocycles. The number of nitrogens with one attached hydrogen (secondary N) is 1. The first-order valence-corrected chi connectivity index (χ1v) is 8.19. The van der Waals surface area contributed by atoms with Gasteiger partial charge in [-0.05, 0) is 36.8 Å². The Morgan fingerprint density at radius 1 is 1.15 bits per heavy atom. The number of primary amides is 1. The number of aryl methyl sites for hydroxylation is 1. The van der Waals surface area contributed by atoms with Gasteiger partial charge < -0.3 is 11.1 Å². The molecule has 2 amide bonds. The molecule has 0 saturated carbocycles. The zero-order valence-corrected chi connectivity index (χ0v) is 14.7. The average Bonchev–Trinajstić information content (AvgIpc) is 2.98. The Kier molecular flexibility index (Phi) is 4.99. The molecule has 8 heteroatoms. The van der Waals surface area contributed by atoms with Gasteiger partial charge in [0, 0.05) is 10.7 Å². The zero-order chi connectivity index (χ0) is 18.7. The molecule has 0 fully saturated rings. The van der Waals surface area contributed by atoms with E-state index in [0.717, 1.165) is 0 Å². The number of halogens is 1. The van der Waals surface area contributed by atoms with E-state index in [1.165, 1.54) is 4.80 Å². The number of anilines is 1. The summed E-state index contributed by atoms with van der Waals surface area (Å²) in [5.74, 6) is -0.900. The lowest BCUT2D eigenvalue weighted by Gasteiger charge is -2.08. The summed E-state index contributed by atoms with van der Waals surface area (Å²) in [5, 5.41) is 11.8. The fraction of sp³-hybridized carbons (Fsp3) is 0.111. The molecular weight excluding hydrogens is 354 g/mol. The van der Waals surface area contributed by atoms with Crippen LogP contribution in [0.15, 0.2) is 48.5 Å². The first-order valence-electron chi connectivity index (χ1n) is 7.81. The van der Waals surface area contributed by atoms with Crippen molar-refractivity contribution in [1.29, 1.82) is 0 Å². The van der Waals surface area contributed by atoms with Gasteiger partial charge in [0.2, 0.25) is 5.91 Å². The largest absolute Gasteiger partial charge is 0.369 e. The summed E-state index contributed by atoms with van der Waals surface area (Å²) < 4.78 is 0. The van der Waals surface area contributed by atoms with Crippen molar-refractivity contribution in [1.82, 2.24) is 15.0 Å². The second-order valence-corrected chi connectivity index (χ2v) is 6.09. The van der Waals surface area contributed by atoms with Gasteiger partial charge >= 0.3 is 0 Å². The summed E-state index contributed by atoms with van der Waals surface area (Å²) in [6.07, 6.45) is 0.0324. The Balaban J connectivity index is 1.87. The van der Waals surface area contributed by atoms with Crippen molar-refractivity contribution < 1.29 is 9.59 Å². The average molecular weight is 370 g/mol. The molecule has 3 rings (SSSR count). The molecule has 0 radical (unpaired) electrons. The van der Waals surface area contributed by atoms with Gasteiger partial charge in [-0.15, -0.1) is 5.10 Å². The highest BCUT2D eigenvalue weighted by Crippen LogP contribution is 2.18. The van der Waals surface area contributed by atoms with E-state index in [9.17, 15) is 9.59 Å². The number of hydrogen-bond acceptors (Lipinski definition) is 4. The third-order valence-corrected chi connectivity index (χ3v) is 3.90. The fourth-order valence-corrected chi connectivity index (χ4v) is 2.65. The molecule has 3 aromatic rings. The Hall–Kier alpha value is -3.19. The smallest absolute Gasteiger partial charge is 0.278 e. The quantitative estimate of drug-likeness (QED) is 0.721. The van der Waals surface area contributed by atoms with E-state index >= 15 is 0 Å². The van der Waals surface area contributed by atoms with Crippen LogP contribution in [0.2, 0.25) is 5.02 Å². The van der Waals surface area contributed by atoms with E-state index in [1.807, 2.05) is 0 Å². The molecule has 0 bridgehead atoms. The summed E-state index contributed by atoms with van der Waals surface area (Å²) in [7, 11) is 0. The molecule has 26 heavy (non-hydrogen) atoms. The van der Waals surface area contributed by atoms with Crippen molar-refractivity contribution >= 4 is 29.1 Å². The van der Waals surface area contributed by atoms with E-state index in [1.54, 1.807) is 55.5 Å². The molecule has 7 nitrogen and oxygen atoms in total. The maximum Gasteiger partial charge on any atom is 0.278 e. The molecular formula is C18H16ClN5O2. The van der Waals surface area contributed by atoms with Crippen LogP contribution in [-0.2, 0) is 11.2 Å². The summed E-state index contributed by atoms with van der Waals surface area (Å²) in [6, 6.07) is 14.0. The maximum absolute atomic E-state index is 12.6. The van der Waals surface area contributed by atoms with Crippen LogP contribution in [0.4, 0.5) is 5.69 Å². The Labute approximate surface area is 154 Å². The minimum absolute atomic E-state index is 0.0324. The number of benzene rings is 2. The molecule has 0 aliphatic carbocycles. The standard InChI is InChI=1S/C18H16ClN5O2/c1-11-17(23-24(22-11)14-7-4-6-13(19)10-14)18(26)21-15-8-3-2-5-12(15)9-16(20)25/h2-8,10H,9H2,1H3,(H2,20,25)(H,21,26). The first kappa shape index (κ1) is 17.6. The van der Waals surface area contributed by atoms with Crippen molar-refractivity contribution in [3.05, 3.63) is 70.5 Å². The minimum atomic E-state index is -0.477. The summed E-state index contributed by atoms with van der Waals surface area (Å²) in [5.41, 5.74) is 7.69. The van der Waals surface area contributed by atoms with Gasteiger partial charge in [0.25, 0.3) is 5.91 Å². The second kappa shape index (κ2) is 7.37. The molecule has 0 spiro atoms. The van der Waals surface area contributed by atoms with Crippen molar-refractivity contribution in [3.63, 3.8) is 0 Å². The molecule has 132 valence electrons. The number of nitrogens with two attached hydrogens (primary N) is 1. The zero-order valence-electron chi connectivity index (χ0n) is 13.9. The molecule has 1 aromatic heterocycles. The first-order chi connectivity index (χ1) is 12.4. The SMILES string of the molecule is Cc1nn(-c2cccc(Cl)c2)nc1C(=O)Nc1ccccc1CC(N)=O. The predicted octanol–water partition coefficient (Wildman–Crippen LogP) is 2.51. The number of hydrogen-bond donors (Lipinski definition) is 2. The number of para-hydroxylation sites is 1. The van der Waals surface area contributed by atoms with Gasteiger partial charge in [-0.2, -0.15) is 9.90 Å². The normalized spacial score (nSPS) is 10.5.